The smallest absolute Gasteiger partial charge is 0.271 e. The number of nitrogens with zero attached hydrogens (tertiary/aromatic N) is 2. The molecule has 1 aromatic carbocycles. The maximum absolute atomic E-state index is 12.7. The fraction of sp³-hybridized carbons (Fsp3) is 0.143. The highest BCUT2D eigenvalue weighted by Gasteiger charge is 2.35. The topological polar surface area (TPSA) is 112 Å². The second-order valence-corrected chi connectivity index (χ2v) is 6.10. The first-order valence-corrected chi connectivity index (χ1v) is 8.45. The first kappa shape index (κ1) is 19.0. The minimum atomic E-state index is -0.720. The Morgan fingerprint density at radius 2 is 2.00 bits per heavy atom. The molecule has 7 heteroatoms. The second kappa shape index (κ2) is 7.86. The minimum Gasteiger partial charge on any atom is -0.457 e. The Morgan fingerprint density at radius 3 is 2.68 bits per heavy atom. The van der Waals surface area contributed by atoms with Crippen molar-refractivity contribution in [1.29, 1.82) is 5.26 Å². The first-order valence-electron chi connectivity index (χ1n) is 8.45. The highest BCUT2D eigenvalue weighted by atomic mass is 16.3. The van der Waals surface area contributed by atoms with Crippen LogP contribution in [0.1, 0.15) is 23.0 Å². The number of aliphatic hydroxyl groups is 1. The molecule has 1 aliphatic heterocycles. The third-order valence-electron chi connectivity index (χ3n) is 4.37. The van der Waals surface area contributed by atoms with E-state index in [1.165, 1.54) is 13.0 Å². The lowest BCUT2D eigenvalue weighted by Gasteiger charge is -2.26. The van der Waals surface area contributed by atoms with Crippen molar-refractivity contribution >= 4 is 24.2 Å². The van der Waals surface area contributed by atoms with E-state index in [2.05, 4.69) is 0 Å². The fourth-order valence-corrected chi connectivity index (χ4v) is 2.93. The third kappa shape index (κ3) is 3.41. The molecule has 0 atom stereocenters. The molecule has 1 aliphatic rings. The number of amides is 2. The summed E-state index contributed by atoms with van der Waals surface area (Å²) in [5, 5.41) is 18.4. The van der Waals surface area contributed by atoms with E-state index < -0.39 is 18.4 Å². The number of nitriles is 1. The first-order chi connectivity index (χ1) is 13.5. The summed E-state index contributed by atoms with van der Waals surface area (Å²) in [7, 11) is 0. The summed E-state index contributed by atoms with van der Waals surface area (Å²) in [6, 6.07) is 12.0. The van der Waals surface area contributed by atoms with Crippen LogP contribution in [0.5, 0.6) is 0 Å². The van der Waals surface area contributed by atoms with Crippen molar-refractivity contribution in [2.75, 3.05) is 13.2 Å². The lowest BCUT2D eigenvalue weighted by Crippen LogP contribution is -2.44. The normalized spacial score (nSPS) is 15.9. The second-order valence-electron chi connectivity index (χ2n) is 6.10. The van der Waals surface area contributed by atoms with Gasteiger partial charge in [-0.3, -0.25) is 19.3 Å². The SMILES string of the molecule is CC1=C(C#N)C(=O)N(CCO)C(=O)/C1=C\c1ccc(-c2cccc(C=O)c2)o1. The molecule has 1 aromatic heterocycles. The van der Waals surface area contributed by atoms with Gasteiger partial charge in [0.2, 0.25) is 0 Å². The molecule has 0 fully saturated rings. The van der Waals surface area contributed by atoms with Crippen LogP contribution in [0.4, 0.5) is 0 Å². The molecule has 7 nitrogen and oxygen atoms in total. The number of β-amino-alcohol motifs (C(OH)–C–C–N with tert-alkyl or cyclic N) is 1. The van der Waals surface area contributed by atoms with Gasteiger partial charge in [-0.15, -0.1) is 0 Å². The van der Waals surface area contributed by atoms with Crippen LogP contribution in [-0.2, 0) is 9.59 Å². The van der Waals surface area contributed by atoms with Crippen LogP contribution in [0, 0.1) is 11.3 Å². The van der Waals surface area contributed by atoms with Gasteiger partial charge >= 0.3 is 0 Å². The summed E-state index contributed by atoms with van der Waals surface area (Å²) in [4.78, 5) is 36.7. The molecule has 0 saturated heterocycles. The molecule has 0 unspecified atom stereocenters. The highest BCUT2D eigenvalue weighted by Crippen LogP contribution is 2.29. The van der Waals surface area contributed by atoms with Crippen molar-refractivity contribution in [3.63, 3.8) is 0 Å². The molecule has 140 valence electrons. The molecule has 0 bridgehead atoms. The van der Waals surface area contributed by atoms with Crippen LogP contribution in [0.25, 0.3) is 17.4 Å². The number of furan rings is 1. The Kier molecular flexibility index (Phi) is 5.34. The van der Waals surface area contributed by atoms with Crippen molar-refractivity contribution in [2.45, 2.75) is 6.92 Å². The summed E-state index contributed by atoms with van der Waals surface area (Å²) in [5.41, 5.74) is 1.46. The number of hydrogen-bond acceptors (Lipinski definition) is 6. The Labute approximate surface area is 160 Å². The van der Waals surface area contributed by atoms with Crippen molar-refractivity contribution in [3.05, 3.63) is 64.4 Å². The highest BCUT2D eigenvalue weighted by molar-refractivity contribution is 6.19. The molecular weight excluding hydrogens is 360 g/mol. The molecule has 0 spiro atoms. The number of imide groups is 1. The van der Waals surface area contributed by atoms with E-state index in [4.69, 9.17) is 9.52 Å². The molecule has 2 amide bonds. The molecule has 2 aromatic rings. The zero-order valence-corrected chi connectivity index (χ0v) is 15.0. The fourth-order valence-electron chi connectivity index (χ4n) is 2.93. The summed E-state index contributed by atoms with van der Waals surface area (Å²) in [6.07, 6.45) is 2.19. The van der Waals surface area contributed by atoms with Crippen LogP contribution in [-0.4, -0.2) is 41.3 Å². The molecule has 28 heavy (non-hydrogen) atoms. The van der Waals surface area contributed by atoms with E-state index in [0.717, 1.165) is 11.2 Å². The van der Waals surface area contributed by atoms with Gasteiger partial charge in [-0.25, -0.2) is 0 Å². The molecule has 0 aliphatic carbocycles. The Bertz CT molecular complexity index is 1070. The van der Waals surface area contributed by atoms with Crippen LogP contribution in [0.3, 0.4) is 0 Å². The summed E-state index contributed by atoms with van der Waals surface area (Å²) >= 11 is 0. The van der Waals surface area contributed by atoms with Gasteiger partial charge in [0.15, 0.2) is 0 Å². The predicted octanol–water partition coefficient (Wildman–Crippen LogP) is 2.34. The number of aldehydes is 1. The molecule has 1 N–H and O–H groups in total. The van der Waals surface area contributed by atoms with Gasteiger partial charge in [0, 0.05) is 16.7 Å². The minimum absolute atomic E-state index is 0.146. The average molecular weight is 376 g/mol. The lowest BCUT2D eigenvalue weighted by molar-refractivity contribution is -0.140. The molecule has 3 rings (SSSR count). The molecule has 2 heterocycles. The predicted molar refractivity (Wildman–Crippen MR) is 99.6 cm³/mol. The Morgan fingerprint density at radius 1 is 1.21 bits per heavy atom. The van der Waals surface area contributed by atoms with Gasteiger partial charge in [-0.1, -0.05) is 18.2 Å². The molecule has 0 saturated carbocycles. The summed E-state index contributed by atoms with van der Waals surface area (Å²) in [6.45, 7) is 0.920. The van der Waals surface area contributed by atoms with Crippen LogP contribution in [0.15, 0.2) is 57.5 Å². The zero-order valence-electron chi connectivity index (χ0n) is 15.0. The number of carbonyl (C=O) groups excluding carboxylic acids is 3. The largest absolute Gasteiger partial charge is 0.457 e. The van der Waals surface area contributed by atoms with E-state index in [-0.39, 0.29) is 23.3 Å². The standard InChI is InChI=1S/C21H16N2O5/c1-13-17(20(26)23(7-8-24)21(27)18(13)11-22)10-16-5-6-19(28-16)15-4-2-3-14(9-15)12-25/h2-6,9-10,12,24H,7-8H2,1H3/b17-10-. The maximum atomic E-state index is 12.7. The summed E-state index contributed by atoms with van der Waals surface area (Å²) < 4.78 is 5.76. The van der Waals surface area contributed by atoms with Gasteiger partial charge in [-0.05, 0) is 36.8 Å². The van der Waals surface area contributed by atoms with Gasteiger partial charge in [-0.2, -0.15) is 5.26 Å². The van der Waals surface area contributed by atoms with E-state index in [9.17, 15) is 19.6 Å². The van der Waals surface area contributed by atoms with Crippen molar-refractivity contribution in [1.82, 2.24) is 4.90 Å². The number of aliphatic hydroxyl groups excluding tert-OH is 1. The van der Waals surface area contributed by atoms with Crippen molar-refractivity contribution in [2.24, 2.45) is 0 Å². The van der Waals surface area contributed by atoms with E-state index in [1.807, 2.05) is 6.07 Å². The van der Waals surface area contributed by atoms with Crippen molar-refractivity contribution < 1.29 is 23.9 Å². The molecule has 0 radical (unpaired) electrons. The maximum Gasteiger partial charge on any atom is 0.271 e. The summed E-state index contributed by atoms with van der Waals surface area (Å²) in [5.74, 6) is -0.465. The number of hydrogen-bond donors (Lipinski definition) is 1. The van der Waals surface area contributed by atoms with E-state index >= 15 is 0 Å². The van der Waals surface area contributed by atoms with Gasteiger partial charge < -0.3 is 9.52 Å². The van der Waals surface area contributed by atoms with Crippen LogP contribution in [0.2, 0.25) is 0 Å². The zero-order chi connectivity index (χ0) is 20.3. The number of benzene rings is 1. The van der Waals surface area contributed by atoms with Crippen LogP contribution < -0.4 is 0 Å². The van der Waals surface area contributed by atoms with Gasteiger partial charge in [0.05, 0.1) is 13.2 Å². The van der Waals surface area contributed by atoms with Crippen molar-refractivity contribution in [3.8, 4) is 17.4 Å². The quantitative estimate of drug-likeness (QED) is 0.487. The molecular formula is C21H16N2O5. The van der Waals surface area contributed by atoms with Gasteiger partial charge in [0.25, 0.3) is 11.8 Å². The third-order valence-corrected chi connectivity index (χ3v) is 4.37. The Hall–Kier alpha value is -3.76. The monoisotopic (exact) mass is 376 g/mol. The number of rotatable bonds is 5. The van der Waals surface area contributed by atoms with Crippen LogP contribution >= 0.6 is 0 Å². The number of carbonyl (C=O) groups is 3. The van der Waals surface area contributed by atoms with E-state index in [1.54, 1.807) is 36.4 Å². The lowest BCUT2D eigenvalue weighted by atomic mass is 9.95. The van der Waals surface area contributed by atoms with Gasteiger partial charge in [0.1, 0.15) is 29.4 Å². The van der Waals surface area contributed by atoms with E-state index in [0.29, 0.717) is 22.6 Å². The Balaban J connectivity index is 2.02. The average Bonchev–Trinajstić information content (AvgIpc) is 3.18.